The van der Waals surface area contributed by atoms with E-state index in [1.165, 1.54) is 54.5 Å². The highest BCUT2D eigenvalue weighted by atomic mass is 35.5. The zero-order valence-corrected chi connectivity index (χ0v) is 36.8. The van der Waals surface area contributed by atoms with Crippen molar-refractivity contribution in [1.29, 1.82) is 0 Å². The van der Waals surface area contributed by atoms with E-state index in [-0.39, 0.29) is 16.5 Å². The second kappa shape index (κ2) is 21.6. The number of ether oxygens (including phenoxy) is 1. The first-order chi connectivity index (χ1) is 29.2. The van der Waals surface area contributed by atoms with E-state index in [2.05, 4.69) is 54.5 Å². The Labute approximate surface area is 364 Å². The first kappa shape index (κ1) is 44.0. The van der Waals surface area contributed by atoms with E-state index in [0.29, 0.717) is 11.4 Å². The van der Waals surface area contributed by atoms with Gasteiger partial charge in [0.15, 0.2) is 0 Å². The predicted molar refractivity (Wildman–Crippen MR) is 245 cm³/mol. The van der Waals surface area contributed by atoms with Crippen LogP contribution in [0.3, 0.4) is 0 Å². The molecule has 7 rings (SSSR count). The van der Waals surface area contributed by atoms with Crippen molar-refractivity contribution in [3.63, 3.8) is 0 Å². The molecule has 1 aliphatic carbocycles. The zero-order chi connectivity index (χ0) is 41.7. The minimum atomic E-state index is -4.21. The molecule has 11 nitrogen and oxygen atoms in total. The van der Waals surface area contributed by atoms with Gasteiger partial charge in [0.2, 0.25) is 0 Å². The van der Waals surface area contributed by atoms with Crippen LogP contribution in [0, 0.1) is 0 Å². The fraction of sp³-hybridized carbons (Fsp3) is 0.413. The van der Waals surface area contributed by atoms with E-state index >= 15 is 0 Å². The molecule has 60 heavy (non-hydrogen) atoms. The number of nitrogens with one attached hydrogen (secondary N) is 3. The molecule has 0 spiro atoms. The summed E-state index contributed by atoms with van der Waals surface area (Å²) in [4.78, 5) is 27.0. The molecule has 2 fully saturated rings. The zero-order valence-electron chi connectivity index (χ0n) is 34.4. The second-order valence-electron chi connectivity index (χ2n) is 15.6. The van der Waals surface area contributed by atoms with Gasteiger partial charge in [-0.05, 0) is 110 Å². The van der Waals surface area contributed by atoms with Crippen molar-refractivity contribution in [2.24, 2.45) is 0 Å². The van der Waals surface area contributed by atoms with Gasteiger partial charge >= 0.3 is 0 Å². The van der Waals surface area contributed by atoms with Gasteiger partial charge in [0.25, 0.3) is 15.9 Å². The topological polar surface area (TPSA) is 115 Å². The summed E-state index contributed by atoms with van der Waals surface area (Å²) >= 11 is 7.97. The van der Waals surface area contributed by atoms with Crippen molar-refractivity contribution in [3.8, 4) is 0 Å². The van der Waals surface area contributed by atoms with Crippen LogP contribution in [0.25, 0.3) is 5.57 Å². The Morgan fingerprint density at radius 2 is 1.57 bits per heavy atom. The third kappa shape index (κ3) is 12.3. The van der Waals surface area contributed by atoms with Crippen LogP contribution in [0.5, 0.6) is 0 Å². The Bertz CT molecular complexity index is 2140. The Morgan fingerprint density at radius 3 is 2.30 bits per heavy atom. The number of thioether (sulfide) groups is 1. The summed E-state index contributed by atoms with van der Waals surface area (Å²) in [6.07, 6.45) is 6.84. The van der Waals surface area contributed by atoms with Gasteiger partial charge in [-0.2, -0.15) is 0 Å². The highest BCUT2D eigenvalue weighted by molar-refractivity contribution is 7.99. The van der Waals surface area contributed by atoms with E-state index in [0.717, 1.165) is 101 Å². The molecular formula is C46H57ClN6O5S2. The van der Waals surface area contributed by atoms with Crippen LogP contribution in [-0.2, 0) is 19.6 Å². The molecule has 2 heterocycles. The van der Waals surface area contributed by atoms with Crippen molar-refractivity contribution in [3.05, 3.63) is 119 Å². The van der Waals surface area contributed by atoms with Crippen molar-refractivity contribution in [1.82, 2.24) is 14.5 Å². The quantitative estimate of drug-likeness (QED) is 0.0704. The summed E-state index contributed by atoms with van der Waals surface area (Å²) in [7, 11) is -2.73. The molecule has 0 aromatic heterocycles. The molecule has 4 aromatic rings. The number of carbonyl (C=O) groups excluding carboxylic acids is 1. The molecule has 2 aliphatic heterocycles. The van der Waals surface area contributed by atoms with Gasteiger partial charge in [-0.25, -0.2) is 13.1 Å². The Kier molecular flexibility index (Phi) is 15.9. The summed E-state index contributed by atoms with van der Waals surface area (Å²) in [6.45, 7) is 8.78. The molecular weight excluding hydrogens is 816 g/mol. The number of carbonyl (C=O) groups is 1. The Balaban J connectivity index is 0.954. The molecule has 3 aliphatic rings. The van der Waals surface area contributed by atoms with E-state index in [1.54, 1.807) is 35.5 Å². The number of hydrogen-bond donors (Lipinski definition) is 3. The van der Waals surface area contributed by atoms with Gasteiger partial charge in [0.1, 0.15) is 0 Å². The summed E-state index contributed by atoms with van der Waals surface area (Å²) in [5.41, 5.74) is 9.59. The van der Waals surface area contributed by atoms with Gasteiger partial charge in [-0.1, -0.05) is 53.9 Å². The van der Waals surface area contributed by atoms with Crippen LogP contribution in [-0.4, -0.2) is 109 Å². The number of benzene rings is 4. The first-order valence-corrected chi connectivity index (χ1v) is 23.9. The van der Waals surface area contributed by atoms with Crippen molar-refractivity contribution >= 4 is 61.9 Å². The first-order valence-electron chi connectivity index (χ1n) is 21.0. The number of halogens is 1. The lowest BCUT2D eigenvalue weighted by molar-refractivity contribution is 0.0370. The number of piperazine rings is 1. The minimum absolute atomic E-state index is 0.0566. The van der Waals surface area contributed by atoms with E-state index < -0.39 is 15.9 Å². The largest absolute Gasteiger partial charge is 0.380 e. The number of anilines is 3. The molecule has 2 saturated heterocycles. The SMILES string of the molecule is CONc1cc(S(=O)(=O)NC(=O)c2ccc(N3CCN(CC4=C(c5ccc(Cl)cc5)CCCCC4)CC3)cc2)ccc1N[C@H](CCN1CCOCC1)CSc1ccccc1. The van der Waals surface area contributed by atoms with Crippen molar-refractivity contribution in [2.75, 3.05) is 94.1 Å². The normalized spacial score (nSPS) is 17.5. The molecule has 0 bridgehead atoms. The minimum Gasteiger partial charge on any atom is -0.380 e. The highest BCUT2D eigenvalue weighted by Crippen LogP contribution is 2.33. The monoisotopic (exact) mass is 872 g/mol. The lowest BCUT2D eigenvalue weighted by atomic mass is 9.95. The molecule has 1 atom stereocenters. The summed E-state index contributed by atoms with van der Waals surface area (Å²) in [5, 5.41) is 4.40. The summed E-state index contributed by atoms with van der Waals surface area (Å²) in [5.74, 6) is 0.112. The van der Waals surface area contributed by atoms with Gasteiger partial charge < -0.3 is 15.0 Å². The standard InChI is InChI=1S/C46H57ClN6O5S2/c1-57-49-45-32-42(20-21-44(45)48-39(22-23-51-28-30-58-31-29-51)34-59-41-9-5-3-6-10-41)60(55,56)50-46(54)36-14-18-40(19-15-36)53-26-24-52(25-27-53)33-37-8-4-2-7-11-43(37)35-12-16-38(47)17-13-35/h3,5-6,9-10,12-21,32,39,48-49H,2,4,7-8,11,22-31,33-34H2,1H3,(H,50,54)/t39-/m1/s1. The molecule has 320 valence electrons. The second-order valence-corrected chi connectivity index (χ2v) is 18.8. The number of hydrogen-bond acceptors (Lipinski definition) is 11. The van der Waals surface area contributed by atoms with Crippen LogP contribution in [0.4, 0.5) is 17.1 Å². The number of rotatable bonds is 17. The van der Waals surface area contributed by atoms with Crippen molar-refractivity contribution in [2.45, 2.75) is 54.4 Å². The van der Waals surface area contributed by atoms with Crippen molar-refractivity contribution < 1.29 is 22.8 Å². The predicted octanol–water partition coefficient (Wildman–Crippen LogP) is 8.27. The fourth-order valence-electron chi connectivity index (χ4n) is 8.12. The number of sulfonamides is 1. The highest BCUT2D eigenvalue weighted by Gasteiger charge is 2.24. The average Bonchev–Trinajstić information content (AvgIpc) is 3.51. The van der Waals surface area contributed by atoms with Crippen LogP contribution in [0.2, 0.25) is 5.02 Å². The summed E-state index contributed by atoms with van der Waals surface area (Å²) in [6, 6.07) is 30.5. The number of morpholine rings is 1. The van der Waals surface area contributed by atoms with Gasteiger partial charge in [-0.3, -0.25) is 24.9 Å². The molecule has 3 N–H and O–H groups in total. The number of amides is 1. The molecule has 0 unspecified atom stereocenters. The maximum Gasteiger partial charge on any atom is 0.264 e. The molecule has 14 heteroatoms. The van der Waals surface area contributed by atoms with Gasteiger partial charge in [0.05, 0.1) is 36.6 Å². The van der Waals surface area contributed by atoms with Crippen LogP contribution in [0.15, 0.2) is 112 Å². The third-order valence-electron chi connectivity index (χ3n) is 11.5. The van der Waals surface area contributed by atoms with Crippen LogP contribution >= 0.6 is 23.4 Å². The molecule has 4 aromatic carbocycles. The fourth-order valence-corrected chi connectivity index (χ4v) is 10.2. The average molecular weight is 874 g/mol. The van der Waals surface area contributed by atoms with Gasteiger partial charge in [-0.15, -0.1) is 11.8 Å². The number of allylic oxidation sites excluding steroid dienone is 1. The Hall–Kier alpha value is -4.08. The number of nitrogens with zero attached hydrogens (tertiary/aromatic N) is 3. The smallest absolute Gasteiger partial charge is 0.264 e. The molecule has 1 amide bonds. The summed E-state index contributed by atoms with van der Waals surface area (Å²) < 4.78 is 35.0. The van der Waals surface area contributed by atoms with Gasteiger partial charge in [0, 0.05) is 85.3 Å². The van der Waals surface area contributed by atoms with E-state index in [1.807, 2.05) is 42.5 Å². The molecule has 0 radical (unpaired) electrons. The van der Waals surface area contributed by atoms with Crippen LogP contribution < -0.4 is 20.4 Å². The maximum atomic E-state index is 13.6. The van der Waals surface area contributed by atoms with Crippen LogP contribution in [0.1, 0.15) is 54.4 Å². The Morgan fingerprint density at radius 1 is 0.833 bits per heavy atom. The molecule has 0 saturated carbocycles. The van der Waals surface area contributed by atoms with E-state index in [4.69, 9.17) is 21.2 Å². The lowest BCUT2D eigenvalue weighted by Crippen LogP contribution is -2.47. The van der Waals surface area contributed by atoms with E-state index in [9.17, 15) is 13.2 Å². The third-order valence-corrected chi connectivity index (χ3v) is 14.3. The maximum absolute atomic E-state index is 13.6. The lowest BCUT2D eigenvalue weighted by Gasteiger charge is -2.37.